The molecule has 6 heteroatoms. The molecule has 0 saturated carbocycles. The number of piperidine rings is 1. The second kappa shape index (κ2) is 6.14. The fourth-order valence-electron chi connectivity index (χ4n) is 2.47. The summed E-state index contributed by atoms with van der Waals surface area (Å²) in [5, 5.41) is 10.0. The Bertz CT molecular complexity index is 397. The zero-order valence-corrected chi connectivity index (χ0v) is 11.6. The molecule has 1 aromatic heterocycles. The standard InChI is InChI=1S/C13H22N4O2/c1-13(2,10-4-3-6-14-8-10)12(18)15-7-5-11-16-9-19-17-11/h9-10,14H,3-8H2,1-2H3,(H,15,18). The van der Waals surface area contributed by atoms with Crippen molar-refractivity contribution in [2.75, 3.05) is 19.6 Å². The number of hydrogen-bond donors (Lipinski definition) is 2. The van der Waals surface area contributed by atoms with Crippen molar-refractivity contribution < 1.29 is 9.32 Å². The van der Waals surface area contributed by atoms with Crippen molar-refractivity contribution in [3.8, 4) is 0 Å². The van der Waals surface area contributed by atoms with E-state index < -0.39 is 0 Å². The molecule has 0 radical (unpaired) electrons. The predicted molar refractivity (Wildman–Crippen MR) is 70.4 cm³/mol. The van der Waals surface area contributed by atoms with Crippen LogP contribution in [0.1, 0.15) is 32.5 Å². The molecule has 2 N–H and O–H groups in total. The smallest absolute Gasteiger partial charge is 0.225 e. The number of hydrogen-bond acceptors (Lipinski definition) is 5. The van der Waals surface area contributed by atoms with Crippen LogP contribution in [0.15, 0.2) is 10.9 Å². The molecule has 1 atom stereocenters. The van der Waals surface area contributed by atoms with Gasteiger partial charge in [-0.2, -0.15) is 4.98 Å². The molecule has 0 spiro atoms. The van der Waals surface area contributed by atoms with Crippen LogP contribution in [0.2, 0.25) is 0 Å². The molecular weight excluding hydrogens is 244 g/mol. The number of carbonyl (C=O) groups excluding carboxylic acids is 1. The van der Waals surface area contributed by atoms with Gasteiger partial charge in [0.25, 0.3) is 0 Å². The monoisotopic (exact) mass is 266 g/mol. The zero-order chi connectivity index (χ0) is 13.7. The molecule has 106 valence electrons. The molecule has 0 aliphatic carbocycles. The Balaban J connectivity index is 1.80. The maximum Gasteiger partial charge on any atom is 0.225 e. The lowest BCUT2D eigenvalue weighted by Crippen LogP contribution is -2.47. The summed E-state index contributed by atoms with van der Waals surface area (Å²) >= 11 is 0. The molecule has 6 nitrogen and oxygen atoms in total. The first kappa shape index (κ1) is 14.0. The third-order valence-electron chi connectivity index (χ3n) is 3.94. The lowest BCUT2D eigenvalue weighted by molar-refractivity contribution is -0.132. The molecule has 0 aromatic carbocycles. The van der Waals surface area contributed by atoms with Crippen LogP contribution < -0.4 is 10.6 Å². The highest BCUT2D eigenvalue weighted by atomic mass is 16.5. The van der Waals surface area contributed by atoms with Gasteiger partial charge in [-0.25, -0.2) is 0 Å². The van der Waals surface area contributed by atoms with E-state index in [9.17, 15) is 4.79 Å². The van der Waals surface area contributed by atoms with Gasteiger partial charge in [-0.05, 0) is 31.8 Å². The van der Waals surface area contributed by atoms with E-state index in [2.05, 4.69) is 25.3 Å². The molecular formula is C13H22N4O2. The van der Waals surface area contributed by atoms with Gasteiger partial charge < -0.3 is 15.2 Å². The highest BCUT2D eigenvalue weighted by molar-refractivity contribution is 5.82. The van der Waals surface area contributed by atoms with Crippen molar-refractivity contribution in [1.82, 2.24) is 20.8 Å². The van der Waals surface area contributed by atoms with Crippen LogP contribution in [0.3, 0.4) is 0 Å². The molecule has 1 unspecified atom stereocenters. The summed E-state index contributed by atoms with van der Waals surface area (Å²) in [7, 11) is 0. The second-order valence-electron chi connectivity index (χ2n) is 5.62. The van der Waals surface area contributed by atoms with Crippen molar-refractivity contribution >= 4 is 5.91 Å². The second-order valence-corrected chi connectivity index (χ2v) is 5.62. The Morgan fingerprint density at radius 1 is 1.63 bits per heavy atom. The Morgan fingerprint density at radius 2 is 2.47 bits per heavy atom. The van der Waals surface area contributed by atoms with Gasteiger partial charge in [0.05, 0.1) is 0 Å². The van der Waals surface area contributed by atoms with Crippen molar-refractivity contribution in [3.63, 3.8) is 0 Å². The minimum atomic E-state index is -0.343. The van der Waals surface area contributed by atoms with Crippen molar-refractivity contribution in [1.29, 1.82) is 0 Å². The molecule has 1 amide bonds. The lowest BCUT2D eigenvalue weighted by atomic mass is 9.74. The average Bonchev–Trinajstić information content (AvgIpc) is 2.93. The molecule has 1 fully saturated rings. The minimum Gasteiger partial charge on any atom is -0.355 e. The van der Waals surface area contributed by atoms with Crippen molar-refractivity contribution in [3.05, 3.63) is 12.2 Å². The molecule has 19 heavy (non-hydrogen) atoms. The number of rotatable bonds is 5. The maximum atomic E-state index is 12.3. The van der Waals surface area contributed by atoms with Gasteiger partial charge in [-0.15, -0.1) is 0 Å². The summed E-state index contributed by atoms with van der Waals surface area (Å²) in [6.45, 7) is 6.57. The van der Waals surface area contributed by atoms with Gasteiger partial charge in [-0.1, -0.05) is 19.0 Å². The minimum absolute atomic E-state index is 0.102. The van der Waals surface area contributed by atoms with Crippen LogP contribution in [0.25, 0.3) is 0 Å². The van der Waals surface area contributed by atoms with Crippen LogP contribution >= 0.6 is 0 Å². The molecule has 2 rings (SSSR count). The van der Waals surface area contributed by atoms with E-state index in [0.717, 1.165) is 25.9 Å². The van der Waals surface area contributed by atoms with Crippen LogP contribution in [-0.2, 0) is 11.2 Å². The fraction of sp³-hybridized carbons (Fsp3) is 0.769. The summed E-state index contributed by atoms with van der Waals surface area (Å²) in [6, 6.07) is 0. The van der Waals surface area contributed by atoms with Crippen LogP contribution in [0.4, 0.5) is 0 Å². The highest BCUT2D eigenvalue weighted by Gasteiger charge is 2.36. The quantitative estimate of drug-likeness (QED) is 0.822. The first-order valence-electron chi connectivity index (χ1n) is 6.85. The normalized spacial score (nSPS) is 20.2. The Morgan fingerprint density at radius 3 is 3.11 bits per heavy atom. The van der Waals surface area contributed by atoms with Gasteiger partial charge in [0.1, 0.15) is 0 Å². The highest BCUT2D eigenvalue weighted by Crippen LogP contribution is 2.31. The summed E-state index contributed by atoms with van der Waals surface area (Å²) in [5.74, 6) is 1.12. The van der Waals surface area contributed by atoms with Crippen LogP contribution in [0, 0.1) is 11.3 Å². The summed E-state index contributed by atoms with van der Waals surface area (Å²) in [6.07, 6.45) is 4.15. The third-order valence-corrected chi connectivity index (χ3v) is 3.94. The van der Waals surface area contributed by atoms with Gasteiger partial charge in [0.2, 0.25) is 12.3 Å². The third kappa shape index (κ3) is 3.53. The van der Waals surface area contributed by atoms with E-state index in [-0.39, 0.29) is 11.3 Å². The fourth-order valence-corrected chi connectivity index (χ4v) is 2.47. The van der Waals surface area contributed by atoms with Crippen LogP contribution in [0.5, 0.6) is 0 Å². The van der Waals surface area contributed by atoms with Gasteiger partial charge >= 0.3 is 0 Å². The molecule has 2 heterocycles. The first-order valence-corrected chi connectivity index (χ1v) is 6.85. The number of nitrogens with zero attached hydrogens (tertiary/aromatic N) is 2. The predicted octanol–water partition coefficient (Wildman–Crippen LogP) is 0.754. The summed E-state index contributed by atoms with van der Waals surface area (Å²) < 4.78 is 4.65. The number of aromatic nitrogens is 2. The van der Waals surface area contributed by atoms with E-state index in [1.807, 2.05) is 13.8 Å². The lowest BCUT2D eigenvalue weighted by Gasteiger charge is -2.36. The summed E-state index contributed by atoms with van der Waals surface area (Å²) in [4.78, 5) is 16.2. The van der Waals surface area contributed by atoms with E-state index >= 15 is 0 Å². The number of nitrogens with one attached hydrogen (secondary N) is 2. The van der Waals surface area contributed by atoms with E-state index in [0.29, 0.717) is 24.7 Å². The Labute approximate surface area is 113 Å². The van der Waals surface area contributed by atoms with Crippen molar-refractivity contribution in [2.45, 2.75) is 33.1 Å². The molecule has 0 bridgehead atoms. The van der Waals surface area contributed by atoms with Crippen molar-refractivity contribution in [2.24, 2.45) is 11.3 Å². The van der Waals surface area contributed by atoms with Crippen LogP contribution in [-0.4, -0.2) is 35.7 Å². The number of carbonyl (C=O) groups is 1. The first-order chi connectivity index (χ1) is 9.10. The molecule has 1 aliphatic rings. The van der Waals surface area contributed by atoms with Gasteiger partial charge in [0, 0.05) is 18.4 Å². The van der Waals surface area contributed by atoms with E-state index in [1.54, 1.807) is 0 Å². The topological polar surface area (TPSA) is 80.1 Å². The zero-order valence-electron chi connectivity index (χ0n) is 11.6. The number of amides is 1. The molecule has 1 saturated heterocycles. The maximum absolute atomic E-state index is 12.3. The molecule has 1 aliphatic heterocycles. The SMILES string of the molecule is CC(C)(C(=O)NCCc1ncon1)C1CCCNC1. The van der Waals surface area contributed by atoms with E-state index in [4.69, 9.17) is 0 Å². The molecule has 1 aromatic rings. The van der Waals surface area contributed by atoms with E-state index in [1.165, 1.54) is 6.39 Å². The van der Waals surface area contributed by atoms with Gasteiger partial charge in [0.15, 0.2) is 5.82 Å². The van der Waals surface area contributed by atoms with Gasteiger partial charge in [-0.3, -0.25) is 4.79 Å². The Hall–Kier alpha value is -1.43. The Kier molecular flexibility index (Phi) is 4.52. The largest absolute Gasteiger partial charge is 0.355 e. The average molecular weight is 266 g/mol. The summed E-state index contributed by atoms with van der Waals surface area (Å²) in [5.41, 5.74) is -0.343.